The van der Waals surface area contributed by atoms with Gasteiger partial charge in [-0.2, -0.15) is 0 Å². The van der Waals surface area contributed by atoms with Gasteiger partial charge in [0.25, 0.3) is 0 Å². The van der Waals surface area contributed by atoms with E-state index in [9.17, 15) is 14.0 Å². The molecule has 1 aromatic heterocycles. The number of hydrogen-bond donors (Lipinski definition) is 4. The lowest BCUT2D eigenvalue weighted by molar-refractivity contribution is 0.0314. The van der Waals surface area contributed by atoms with Crippen LogP contribution in [0.1, 0.15) is 15.9 Å². The Labute approximate surface area is 138 Å². The van der Waals surface area contributed by atoms with Gasteiger partial charge in [0.2, 0.25) is 5.56 Å². The zero-order valence-corrected chi connectivity index (χ0v) is 13.4. The first-order valence-corrected chi connectivity index (χ1v) is 7.12. The Morgan fingerprint density at radius 3 is 2.62 bits per heavy atom. The molecule has 0 aliphatic heterocycles. The molecule has 24 heavy (non-hydrogen) atoms. The number of aldehydes is 1. The standard InChI is InChI=1S/C13H11FN2O2.C3H9NO2/c1-8-2-3-11(10(14)4-8)16-12-5-13(18)15-6-9(12)7-17;1-4-6-3-2-5/h2-7H,1H3,(H2,15,16,18);4-5H,2-3H2,1H3. The molecule has 8 heteroatoms. The van der Waals surface area contributed by atoms with Gasteiger partial charge in [-0.25, -0.2) is 9.87 Å². The van der Waals surface area contributed by atoms with Crippen LogP contribution in [-0.4, -0.2) is 36.6 Å². The van der Waals surface area contributed by atoms with E-state index >= 15 is 0 Å². The van der Waals surface area contributed by atoms with Gasteiger partial charge in [-0.3, -0.25) is 14.4 Å². The highest BCUT2D eigenvalue weighted by Gasteiger charge is 2.06. The SMILES string of the molecule is CNOCCO.Cc1ccc(Nc2cc(=O)[nH]cc2C=O)c(F)c1. The molecular weight excluding hydrogens is 317 g/mol. The molecule has 130 valence electrons. The van der Waals surface area contributed by atoms with E-state index in [1.165, 1.54) is 18.3 Å². The Hall–Kier alpha value is -2.55. The third-order valence-corrected chi connectivity index (χ3v) is 2.81. The summed E-state index contributed by atoms with van der Waals surface area (Å²) in [6.07, 6.45) is 1.87. The fourth-order valence-electron chi connectivity index (χ4n) is 1.70. The van der Waals surface area contributed by atoms with Crippen LogP contribution in [0.3, 0.4) is 0 Å². The zero-order valence-electron chi connectivity index (χ0n) is 13.4. The van der Waals surface area contributed by atoms with Crippen molar-refractivity contribution in [3.8, 4) is 0 Å². The second kappa shape index (κ2) is 10.3. The first-order valence-electron chi connectivity index (χ1n) is 7.12. The molecule has 0 aliphatic rings. The van der Waals surface area contributed by atoms with Gasteiger partial charge in [-0.15, -0.1) is 0 Å². The lowest BCUT2D eigenvalue weighted by Crippen LogP contribution is -2.10. The minimum absolute atomic E-state index is 0.0703. The van der Waals surface area contributed by atoms with E-state index in [2.05, 4.69) is 20.6 Å². The third-order valence-electron chi connectivity index (χ3n) is 2.81. The van der Waals surface area contributed by atoms with Crippen LogP contribution in [0.2, 0.25) is 0 Å². The minimum Gasteiger partial charge on any atom is -0.394 e. The number of pyridine rings is 1. The van der Waals surface area contributed by atoms with Crippen molar-refractivity contribution in [2.75, 3.05) is 25.6 Å². The average molecular weight is 337 g/mol. The summed E-state index contributed by atoms with van der Waals surface area (Å²) in [4.78, 5) is 28.9. The minimum atomic E-state index is -0.438. The monoisotopic (exact) mass is 337 g/mol. The number of H-pyrrole nitrogens is 1. The predicted octanol–water partition coefficient (Wildman–Crippen LogP) is 1.51. The van der Waals surface area contributed by atoms with Crippen LogP contribution in [0.4, 0.5) is 15.8 Å². The highest BCUT2D eigenvalue weighted by Crippen LogP contribution is 2.21. The Kier molecular flexibility index (Phi) is 8.34. The predicted molar refractivity (Wildman–Crippen MR) is 89.0 cm³/mol. The number of aliphatic hydroxyl groups excluding tert-OH is 1. The van der Waals surface area contributed by atoms with Crippen molar-refractivity contribution in [1.82, 2.24) is 10.5 Å². The number of carbonyl (C=O) groups excluding carboxylic acids is 1. The fraction of sp³-hybridized carbons (Fsp3) is 0.250. The number of benzene rings is 1. The van der Waals surface area contributed by atoms with Gasteiger partial charge in [0, 0.05) is 19.3 Å². The van der Waals surface area contributed by atoms with Crippen molar-refractivity contribution in [2.45, 2.75) is 6.92 Å². The fourth-order valence-corrected chi connectivity index (χ4v) is 1.70. The number of rotatable bonds is 6. The van der Waals surface area contributed by atoms with E-state index in [4.69, 9.17) is 5.11 Å². The summed E-state index contributed by atoms with van der Waals surface area (Å²) in [5.41, 5.74) is 3.59. The van der Waals surface area contributed by atoms with E-state index in [0.29, 0.717) is 12.9 Å². The molecule has 0 radical (unpaired) electrons. The van der Waals surface area contributed by atoms with Gasteiger partial charge < -0.3 is 15.4 Å². The molecule has 1 aromatic carbocycles. The number of aromatic nitrogens is 1. The maximum absolute atomic E-state index is 13.6. The van der Waals surface area contributed by atoms with Crippen LogP contribution in [0.5, 0.6) is 0 Å². The van der Waals surface area contributed by atoms with Gasteiger partial charge >= 0.3 is 0 Å². The van der Waals surface area contributed by atoms with Crippen molar-refractivity contribution in [3.05, 3.63) is 57.8 Å². The summed E-state index contributed by atoms with van der Waals surface area (Å²) < 4.78 is 13.6. The molecule has 0 fully saturated rings. The summed E-state index contributed by atoms with van der Waals surface area (Å²) in [5, 5.41) is 10.8. The first kappa shape index (κ1) is 19.5. The number of aromatic amines is 1. The van der Waals surface area contributed by atoms with Crippen LogP contribution in [0, 0.1) is 12.7 Å². The van der Waals surface area contributed by atoms with E-state index in [0.717, 1.165) is 5.56 Å². The van der Waals surface area contributed by atoms with Crippen molar-refractivity contribution in [2.24, 2.45) is 0 Å². The maximum atomic E-state index is 13.6. The highest BCUT2D eigenvalue weighted by molar-refractivity contribution is 5.85. The molecule has 2 aromatic rings. The second-order valence-corrected chi connectivity index (χ2v) is 4.67. The Balaban J connectivity index is 0.000000413. The summed E-state index contributed by atoms with van der Waals surface area (Å²) in [5.74, 6) is -0.438. The van der Waals surface area contributed by atoms with Crippen molar-refractivity contribution in [3.63, 3.8) is 0 Å². The number of nitrogens with one attached hydrogen (secondary N) is 3. The molecule has 0 saturated heterocycles. The number of carbonyl (C=O) groups is 1. The van der Waals surface area contributed by atoms with Crippen LogP contribution in [-0.2, 0) is 4.84 Å². The topological polar surface area (TPSA) is 103 Å². The number of anilines is 2. The normalized spacial score (nSPS) is 9.83. The van der Waals surface area contributed by atoms with Gasteiger partial charge in [0.1, 0.15) is 5.82 Å². The summed E-state index contributed by atoms with van der Waals surface area (Å²) in [6, 6.07) is 5.87. The Morgan fingerprint density at radius 2 is 2.08 bits per heavy atom. The Morgan fingerprint density at radius 1 is 1.33 bits per heavy atom. The van der Waals surface area contributed by atoms with Crippen LogP contribution in [0.15, 0.2) is 35.3 Å². The molecule has 0 saturated carbocycles. The highest BCUT2D eigenvalue weighted by atomic mass is 19.1. The molecule has 2 rings (SSSR count). The molecule has 0 unspecified atom stereocenters. The summed E-state index contributed by atoms with van der Waals surface area (Å²) >= 11 is 0. The molecule has 7 nitrogen and oxygen atoms in total. The van der Waals surface area contributed by atoms with Crippen LogP contribution >= 0.6 is 0 Å². The van der Waals surface area contributed by atoms with Gasteiger partial charge in [-0.05, 0) is 24.6 Å². The molecule has 0 amide bonds. The van der Waals surface area contributed by atoms with Crippen LogP contribution in [0.25, 0.3) is 0 Å². The number of halogens is 1. The lowest BCUT2D eigenvalue weighted by Gasteiger charge is -2.09. The number of hydroxylamine groups is 1. The average Bonchev–Trinajstić information content (AvgIpc) is 2.56. The smallest absolute Gasteiger partial charge is 0.250 e. The largest absolute Gasteiger partial charge is 0.394 e. The van der Waals surface area contributed by atoms with Crippen molar-refractivity contribution < 1.29 is 19.1 Å². The molecule has 4 N–H and O–H groups in total. The van der Waals surface area contributed by atoms with Crippen LogP contribution < -0.4 is 16.4 Å². The maximum Gasteiger partial charge on any atom is 0.250 e. The molecular formula is C16H20FN3O4. The van der Waals surface area contributed by atoms with E-state index < -0.39 is 5.82 Å². The van der Waals surface area contributed by atoms with Gasteiger partial charge in [-0.1, -0.05) is 6.07 Å². The number of hydrogen-bond acceptors (Lipinski definition) is 6. The van der Waals surface area contributed by atoms with Crippen molar-refractivity contribution >= 4 is 17.7 Å². The van der Waals surface area contributed by atoms with E-state index in [1.54, 1.807) is 26.1 Å². The number of aryl methyl sites for hydroxylation is 1. The van der Waals surface area contributed by atoms with E-state index in [-0.39, 0.29) is 29.1 Å². The molecule has 0 bridgehead atoms. The quantitative estimate of drug-likeness (QED) is 0.362. The lowest BCUT2D eigenvalue weighted by atomic mass is 10.2. The molecule has 0 aliphatic carbocycles. The second-order valence-electron chi connectivity index (χ2n) is 4.67. The molecule has 1 heterocycles. The number of aliphatic hydroxyl groups is 1. The van der Waals surface area contributed by atoms with Gasteiger partial charge in [0.05, 0.1) is 30.2 Å². The van der Waals surface area contributed by atoms with Gasteiger partial charge in [0.15, 0.2) is 6.29 Å². The Bertz CT molecular complexity index is 715. The summed E-state index contributed by atoms with van der Waals surface area (Å²) in [7, 11) is 1.65. The third kappa shape index (κ3) is 6.29. The molecule has 0 spiro atoms. The molecule has 0 atom stereocenters. The summed E-state index contributed by atoms with van der Waals surface area (Å²) in [6.45, 7) is 2.20. The van der Waals surface area contributed by atoms with E-state index in [1.807, 2.05) is 0 Å². The van der Waals surface area contributed by atoms with Crippen molar-refractivity contribution in [1.29, 1.82) is 0 Å². The first-order chi connectivity index (χ1) is 11.5. The zero-order chi connectivity index (χ0) is 17.9.